The highest BCUT2D eigenvalue weighted by Crippen LogP contribution is 2.32. The third-order valence-corrected chi connectivity index (χ3v) is 4.35. The van der Waals surface area contributed by atoms with E-state index in [9.17, 15) is 8.42 Å². The van der Waals surface area contributed by atoms with Gasteiger partial charge in [-0.05, 0) is 37.3 Å². The molecule has 0 radical (unpaired) electrons. The summed E-state index contributed by atoms with van der Waals surface area (Å²) in [6.07, 6.45) is 0. The fourth-order valence-electron chi connectivity index (χ4n) is 1.75. The number of rotatable bonds is 5. The minimum Gasteiger partial charge on any atom is -0.490 e. The van der Waals surface area contributed by atoms with Crippen molar-refractivity contribution in [2.75, 3.05) is 6.61 Å². The molecule has 0 saturated carbocycles. The Morgan fingerprint density at radius 2 is 1.74 bits per heavy atom. The zero-order valence-corrected chi connectivity index (χ0v) is 14.2. The summed E-state index contributed by atoms with van der Waals surface area (Å²) in [6, 6.07) is 10.00. The van der Waals surface area contributed by atoms with Gasteiger partial charge in [0.05, 0.1) is 18.2 Å². The summed E-state index contributed by atoms with van der Waals surface area (Å²) in [7, 11) is -4.15. The molecular formula is C15H11Cl2NO4S. The van der Waals surface area contributed by atoms with Crippen molar-refractivity contribution in [2.24, 2.45) is 0 Å². The average molecular weight is 372 g/mol. The van der Waals surface area contributed by atoms with Gasteiger partial charge in [0.25, 0.3) is 0 Å². The summed E-state index contributed by atoms with van der Waals surface area (Å²) >= 11 is 11.6. The lowest BCUT2D eigenvalue weighted by molar-refractivity contribution is 0.327. The molecule has 120 valence electrons. The van der Waals surface area contributed by atoms with Gasteiger partial charge in [-0.3, -0.25) is 0 Å². The normalized spacial score (nSPS) is 10.9. The van der Waals surface area contributed by atoms with E-state index in [0.29, 0.717) is 5.56 Å². The molecule has 0 N–H and O–H groups in total. The van der Waals surface area contributed by atoms with Crippen LogP contribution in [0.2, 0.25) is 10.0 Å². The van der Waals surface area contributed by atoms with E-state index in [-0.39, 0.29) is 33.0 Å². The number of hydrogen-bond acceptors (Lipinski definition) is 5. The maximum absolute atomic E-state index is 12.4. The number of benzene rings is 2. The van der Waals surface area contributed by atoms with Crippen LogP contribution in [0.1, 0.15) is 12.5 Å². The summed E-state index contributed by atoms with van der Waals surface area (Å²) in [5.74, 6) is 0.130. The van der Waals surface area contributed by atoms with Gasteiger partial charge in [0.2, 0.25) is 0 Å². The topological polar surface area (TPSA) is 76.4 Å². The molecule has 8 heteroatoms. The molecule has 0 heterocycles. The summed E-state index contributed by atoms with van der Waals surface area (Å²) in [5.41, 5.74) is 0.323. The second kappa shape index (κ2) is 7.09. The molecule has 0 aromatic heterocycles. The smallest absolute Gasteiger partial charge is 0.339 e. The lowest BCUT2D eigenvalue weighted by atomic mass is 10.2. The highest BCUT2D eigenvalue weighted by atomic mass is 35.5. The second-order valence-corrected chi connectivity index (χ2v) is 6.77. The van der Waals surface area contributed by atoms with Crippen LogP contribution in [0.15, 0.2) is 41.3 Å². The van der Waals surface area contributed by atoms with Gasteiger partial charge < -0.3 is 8.92 Å². The van der Waals surface area contributed by atoms with Crippen LogP contribution in [0.5, 0.6) is 11.5 Å². The Bertz CT molecular complexity index is 855. The van der Waals surface area contributed by atoms with Gasteiger partial charge >= 0.3 is 10.1 Å². The zero-order chi connectivity index (χ0) is 17.0. The van der Waals surface area contributed by atoms with Gasteiger partial charge in [-0.15, -0.1) is 0 Å². The standard InChI is InChI=1S/C15H11Cl2NO4S/c1-2-21-15-5-10(9-18)3-4-14(15)22-23(19,20)13-7-11(16)6-12(17)8-13/h3-8H,2H2,1H3. The SMILES string of the molecule is CCOc1cc(C#N)ccc1OS(=O)(=O)c1cc(Cl)cc(Cl)c1. The van der Waals surface area contributed by atoms with E-state index in [1.807, 2.05) is 6.07 Å². The lowest BCUT2D eigenvalue weighted by Gasteiger charge is -2.12. The fourth-order valence-corrected chi connectivity index (χ4v) is 3.42. The molecule has 0 aliphatic heterocycles. The van der Waals surface area contributed by atoms with Crippen molar-refractivity contribution in [3.8, 4) is 17.6 Å². The lowest BCUT2D eigenvalue weighted by Crippen LogP contribution is -2.11. The van der Waals surface area contributed by atoms with Crippen molar-refractivity contribution < 1.29 is 17.3 Å². The molecule has 0 bridgehead atoms. The summed E-state index contributed by atoms with van der Waals surface area (Å²) < 4.78 is 35.1. The van der Waals surface area contributed by atoms with Crippen LogP contribution >= 0.6 is 23.2 Å². The Hall–Kier alpha value is -1.94. The molecule has 2 aromatic rings. The Morgan fingerprint density at radius 1 is 1.09 bits per heavy atom. The maximum Gasteiger partial charge on any atom is 0.339 e. The number of nitrogens with zero attached hydrogens (tertiary/aromatic N) is 1. The highest BCUT2D eigenvalue weighted by molar-refractivity contribution is 7.87. The number of halogens is 2. The van der Waals surface area contributed by atoms with E-state index in [1.165, 1.54) is 36.4 Å². The average Bonchev–Trinajstić information content (AvgIpc) is 2.48. The largest absolute Gasteiger partial charge is 0.490 e. The molecular weight excluding hydrogens is 361 g/mol. The quantitative estimate of drug-likeness (QED) is 0.741. The third-order valence-electron chi connectivity index (χ3n) is 2.70. The van der Waals surface area contributed by atoms with Crippen LogP contribution in [0.4, 0.5) is 0 Å². The maximum atomic E-state index is 12.4. The van der Waals surface area contributed by atoms with E-state index in [2.05, 4.69) is 0 Å². The predicted molar refractivity (Wildman–Crippen MR) is 86.6 cm³/mol. The van der Waals surface area contributed by atoms with Crippen molar-refractivity contribution >= 4 is 33.3 Å². The number of hydrogen-bond donors (Lipinski definition) is 0. The molecule has 5 nitrogen and oxygen atoms in total. The van der Waals surface area contributed by atoms with E-state index in [1.54, 1.807) is 6.92 Å². The summed E-state index contributed by atoms with van der Waals surface area (Å²) in [5, 5.41) is 9.24. The number of ether oxygens (including phenoxy) is 1. The summed E-state index contributed by atoms with van der Waals surface area (Å²) in [4.78, 5) is -0.179. The number of nitriles is 1. The Kier molecular flexibility index (Phi) is 5.37. The molecule has 0 spiro atoms. The van der Waals surface area contributed by atoms with Crippen molar-refractivity contribution in [3.63, 3.8) is 0 Å². The van der Waals surface area contributed by atoms with Crippen LogP contribution in [0, 0.1) is 11.3 Å². The van der Waals surface area contributed by atoms with Gasteiger partial charge in [-0.2, -0.15) is 13.7 Å². The minimum atomic E-state index is -4.15. The van der Waals surface area contributed by atoms with Crippen LogP contribution < -0.4 is 8.92 Å². The molecule has 0 aliphatic carbocycles. The van der Waals surface area contributed by atoms with E-state index in [0.717, 1.165) is 0 Å². The molecule has 0 amide bonds. The highest BCUT2D eigenvalue weighted by Gasteiger charge is 2.20. The van der Waals surface area contributed by atoms with Crippen molar-refractivity contribution in [3.05, 3.63) is 52.0 Å². The van der Waals surface area contributed by atoms with Crippen LogP contribution in [0.25, 0.3) is 0 Å². The third kappa shape index (κ3) is 4.29. The first-order valence-corrected chi connectivity index (χ1v) is 8.59. The first-order valence-electron chi connectivity index (χ1n) is 6.43. The van der Waals surface area contributed by atoms with Gasteiger partial charge in [-0.25, -0.2) is 0 Å². The van der Waals surface area contributed by atoms with Gasteiger partial charge in [0, 0.05) is 16.1 Å². The minimum absolute atomic E-state index is 0.0260. The predicted octanol–water partition coefficient (Wildman–Crippen LogP) is 4.03. The fraction of sp³-hybridized carbons (Fsp3) is 0.133. The molecule has 0 unspecified atom stereocenters. The Labute approximate surface area is 144 Å². The van der Waals surface area contributed by atoms with Crippen LogP contribution in [0.3, 0.4) is 0 Å². The first-order chi connectivity index (χ1) is 10.9. The molecule has 2 rings (SSSR count). The molecule has 2 aromatic carbocycles. The molecule has 23 heavy (non-hydrogen) atoms. The van der Waals surface area contributed by atoms with Crippen LogP contribution in [-0.4, -0.2) is 15.0 Å². The first kappa shape index (κ1) is 17.4. The van der Waals surface area contributed by atoms with E-state index < -0.39 is 10.1 Å². The van der Waals surface area contributed by atoms with Crippen molar-refractivity contribution in [1.82, 2.24) is 0 Å². The van der Waals surface area contributed by atoms with Gasteiger partial charge in [0.15, 0.2) is 11.5 Å². The second-order valence-electron chi connectivity index (χ2n) is 4.35. The summed E-state index contributed by atoms with van der Waals surface area (Å²) in [6.45, 7) is 2.02. The van der Waals surface area contributed by atoms with E-state index in [4.69, 9.17) is 37.4 Å². The van der Waals surface area contributed by atoms with Crippen molar-refractivity contribution in [2.45, 2.75) is 11.8 Å². The van der Waals surface area contributed by atoms with Gasteiger partial charge in [-0.1, -0.05) is 23.2 Å². The van der Waals surface area contributed by atoms with Gasteiger partial charge in [0.1, 0.15) is 4.90 Å². The Balaban J connectivity index is 2.42. The Morgan fingerprint density at radius 3 is 2.30 bits per heavy atom. The van der Waals surface area contributed by atoms with E-state index >= 15 is 0 Å². The monoisotopic (exact) mass is 371 g/mol. The molecule has 0 atom stereocenters. The van der Waals surface area contributed by atoms with Crippen molar-refractivity contribution in [1.29, 1.82) is 5.26 Å². The molecule has 0 saturated heterocycles. The van der Waals surface area contributed by atoms with Crippen LogP contribution in [-0.2, 0) is 10.1 Å². The molecule has 0 aliphatic rings. The molecule has 0 fully saturated rings. The zero-order valence-electron chi connectivity index (χ0n) is 11.9.